The standard InChI is InChI=1S/C14H22N2O3.C10H12O3.C4H10N2/c1-18-13-4-2-3-5-14(13)19-11-12(17)10-16-8-6-15-7-9-16;1-11-9-4-2-3-5-10(9)13-7-8-6-12-8;1-2-6-4-3-5-1/h2-5,12,15,17H,6-11H2,1H3;2-5,8H,6-7H2,1H3;5-6H,1-4H2/i1D3,10D2,11D2,12D;1D3,6D2,7D2,8D;. The van der Waals surface area contributed by atoms with Crippen molar-refractivity contribution < 1.29 is 50.7 Å². The molecule has 3 aliphatic rings. The van der Waals surface area contributed by atoms with Crippen LogP contribution in [0, 0.1) is 0 Å². The summed E-state index contributed by atoms with van der Waals surface area (Å²) in [6.07, 6.45) is -5.86. The van der Waals surface area contributed by atoms with E-state index in [1.54, 1.807) is 0 Å². The molecule has 0 aliphatic carbocycles. The van der Waals surface area contributed by atoms with Gasteiger partial charge in [-0.2, -0.15) is 0 Å². The minimum Gasteiger partial charge on any atom is -0.493 e. The zero-order chi connectivity index (χ0) is 40.9. The van der Waals surface area contributed by atoms with Crippen molar-refractivity contribution in [2.45, 2.75) is 12.2 Å². The molecule has 10 nitrogen and oxygen atoms in total. The maximum absolute atomic E-state index is 10.5. The number of para-hydroxylation sites is 4. The monoisotopic (exact) mass is 548 g/mol. The van der Waals surface area contributed by atoms with Crippen LogP contribution in [0.2, 0.25) is 0 Å². The average molecular weight is 549 g/mol. The number of piperazine rings is 2. The van der Waals surface area contributed by atoms with Crippen LogP contribution < -0.4 is 34.9 Å². The summed E-state index contributed by atoms with van der Waals surface area (Å²) in [4.78, 5) is 1.16. The summed E-state index contributed by atoms with van der Waals surface area (Å²) < 4.78 is 144. The lowest BCUT2D eigenvalue weighted by molar-refractivity contribution is 0.0632. The van der Waals surface area contributed by atoms with E-state index in [9.17, 15) is 5.11 Å². The van der Waals surface area contributed by atoms with Gasteiger partial charge in [-0.3, -0.25) is 4.90 Å². The largest absolute Gasteiger partial charge is 0.493 e. The van der Waals surface area contributed by atoms with Gasteiger partial charge in [0, 0.05) is 61.6 Å². The van der Waals surface area contributed by atoms with Crippen molar-refractivity contribution in [2.24, 2.45) is 0 Å². The Morgan fingerprint density at radius 3 is 1.95 bits per heavy atom. The third kappa shape index (κ3) is 11.8. The maximum atomic E-state index is 10.5. The molecule has 0 amide bonds. The van der Waals surface area contributed by atoms with Gasteiger partial charge in [-0.25, -0.2) is 0 Å². The van der Waals surface area contributed by atoms with E-state index in [0.29, 0.717) is 13.1 Å². The summed E-state index contributed by atoms with van der Waals surface area (Å²) >= 11 is 0. The zero-order valence-corrected chi connectivity index (χ0v) is 20.7. The summed E-state index contributed by atoms with van der Waals surface area (Å²) in [6.45, 7) is -5.59. The quantitative estimate of drug-likeness (QED) is 0.321. The predicted octanol–water partition coefficient (Wildman–Crippen LogP) is 0.992. The lowest BCUT2D eigenvalue weighted by Crippen LogP contribution is -2.47. The molecular weight excluding hydrogens is 488 g/mol. The van der Waals surface area contributed by atoms with Crippen LogP contribution in [0.3, 0.4) is 0 Å². The van der Waals surface area contributed by atoms with Gasteiger partial charge < -0.3 is 44.7 Å². The SMILES string of the molecule is C1CNCCN1.[2H]C([2H])([2H])Oc1ccccc1OC([2H])([2H])C([2H])(O)C([2H])([2H])N1CCNCC1.[2H]C([2H])([2H])Oc1ccccc1OC([2H])([2H])C1([2H])OC1([2H])[2H]. The van der Waals surface area contributed by atoms with Crippen molar-refractivity contribution in [3.63, 3.8) is 0 Å². The first kappa shape index (κ1) is 14.7. The number of nitrogens with zero attached hydrogens (tertiary/aromatic N) is 1. The summed E-state index contributed by atoms with van der Waals surface area (Å²) in [5.41, 5.74) is 0. The molecule has 0 radical (unpaired) electrons. The van der Waals surface area contributed by atoms with Crippen LogP contribution in [0.4, 0.5) is 0 Å². The van der Waals surface area contributed by atoms with Crippen molar-refractivity contribution >= 4 is 0 Å². The second-order valence-electron chi connectivity index (χ2n) is 7.74. The average Bonchev–Trinajstić information content (AvgIpc) is 3.61. The molecule has 10 heteroatoms. The van der Waals surface area contributed by atoms with E-state index in [2.05, 4.69) is 25.4 Å². The second kappa shape index (κ2) is 17.8. The Morgan fingerprint density at radius 1 is 0.947 bits per heavy atom. The zero-order valence-electron chi connectivity index (χ0n) is 36.7. The number of nitrogens with one attached hydrogen (secondary N) is 3. The smallest absolute Gasteiger partial charge is 0.161 e. The van der Waals surface area contributed by atoms with Crippen molar-refractivity contribution in [3.8, 4) is 23.0 Å². The molecule has 2 aromatic carbocycles. The summed E-state index contributed by atoms with van der Waals surface area (Å²) in [6, 6.07) is 10.7. The summed E-state index contributed by atoms with van der Waals surface area (Å²) in [7, 11) is -5.58. The number of hydrogen-bond donors (Lipinski definition) is 4. The van der Waals surface area contributed by atoms with Crippen molar-refractivity contribution in [1.29, 1.82) is 0 Å². The number of ether oxygens (including phenoxy) is 5. The summed E-state index contributed by atoms with van der Waals surface area (Å²) in [5.74, 6) is -1.21. The molecule has 2 unspecified atom stereocenters. The molecule has 3 saturated heterocycles. The van der Waals surface area contributed by atoms with Crippen molar-refractivity contribution in [1.82, 2.24) is 20.9 Å². The highest BCUT2D eigenvalue weighted by Crippen LogP contribution is 2.27. The Labute approximate surface area is 249 Å². The van der Waals surface area contributed by atoms with E-state index < -0.39 is 52.4 Å². The van der Waals surface area contributed by atoms with Crippen LogP contribution in [0.25, 0.3) is 0 Å². The fraction of sp³-hybridized carbons (Fsp3) is 0.571. The minimum absolute atomic E-state index is 0.170. The molecular formula is C28H44N4O6. The maximum Gasteiger partial charge on any atom is 0.161 e. The number of hydrogen-bond acceptors (Lipinski definition) is 10. The second-order valence-corrected chi connectivity index (χ2v) is 7.74. The highest BCUT2D eigenvalue weighted by atomic mass is 16.6. The first-order chi connectivity index (χ1) is 24.7. The Kier molecular flexibility index (Phi) is 6.89. The van der Waals surface area contributed by atoms with Crippen LogP contribution in [-0.2, 0) is 4.74 Å². The van der Waals surface area contributed by atoms with Crippen LogP contribution in [-0.4, -0.2) is 115 Å². The van der Waals surface area contributed by atoms with Gasteiger partial charge in [0.2, 0.25) is 0 Å². The molecule has 0 aromatic heterocycles. The third-order valence-electron chi connectivity index (χ3n) is 4.97. The van der Waals surface area contributed by atoms with Crippen molar-refractivity contribution in [3.05, 3.63) is 48.5 Å². The van der Waals surface area contributed by atoms with E-state index in [1.165, 1.54) is 48.5 Å². The van der Waals surface area contributed by atoms with Crippen LogP contribution in [0.1, 0.15) is 21.9 Å². The first-order valence-corrected chi connectivity index (χ1v) is 11.9. The summed E-state index contributed by atoms with van der Waals surface area (Å²) in [5, 5.41) is 19.9. The number of epoxide rings is 1. The fourth-order valence-corrected chi connectivity index (χ4v) is 3.06. The molecule has 0 bridgehead atoms. The first-order valence-electron chi connectivity index (χ1n) is 19.9. The molecule has 0 saturated carbocycles. The van der Waals surface area contributed by atoms with Gasteiger partial charge in [0.25, 0.3) is 0 Å². The van der Waals surface area contributed by atoms with Crippen LogP contribution in [0.5, 0.6) is 23.0 Å². The highest BCUT2D eigenvalue weighted by molar-refractivity contribution is 5.40. The topological polar surface area (TPSA) is 109 Å². The molecule has 4 N–H and O–H groups in total. The third-order valence-corrected chi connectivity index (χ3v) is 4.97. The van der Waals surface area contributed by atoms with Gasteiger partial charge in [-0.15, -0.1) is 0 Å². The Hall–Kier alpha value is -2.60. The number of β-amino-alcohol motifs (C(OH)–C–C–N with tert-alkyl or cyclic N) is 1. The lowest BCUT2D eigenvalue weighted by atomic mass is 10.3. The van der Waals surface area contributed by atoms with Gasteiger partial charge in [0.1, 0.15) is 25.3 Å². The van der Waals surface area contributed by atoms with Gasteiger partial charge in [0.05, 0.1) is 39.8 Å². The van der Waals surface area contributed by atoms with Gasteiger partial charge >= 0.3 is 0 Å². The van der Waals surface area contributed by atoms with E-state index in [1.807, 2.05) is 0 Å². The van der Waals surface area contributed by atoms with Crippen LogP contribution >= 0.6 is 0 Å². The minimum atomic E-state index is -3.33. The Bertz CT molecular complexity index is 1500. The van der Waals surface area contributed by atoms with Gasteiger partial charge in [0.15, 0.2) is 23.0 Å². The molecule has 3 aliphatic heterocycles. The van der Waals surface area contributed by atoms with E-state index in [0.717, 1.165) is 31.1 Å². The number of rotatable bonds is 10. The van der Waals surface area contributed by atoms with Crippen molar-refractivity contribution in [2.75, 3.05) is 92.6 Å². The molecule has 38 heavy (non-hydrogen) atoms. The fourth-order valence-electron chi connectivity index (χ4n) is 3.06. The van der Waals surface area contributed by atoms with E-state index in [4.69, 9.17) is 36.1 Å². The Balaban J connectivity index is 0.000000256. The highest BCUT2D eigenvalue weighted by Gasteiger charge is 2.23. The molecule has 212 valence electrons. The van der Waals surface area contributed by atoms with E-state index >= 15 is 0 Å². The molecule has 3 fully saturated rings. The lowest BCUT2D eigenvalue weighted by Gasteiger charge is -2.29. The van der Waals surface area contributed by atoms with Crippen LogP contribution in [0.15, 0.2) is 48.5 Å². The molecule has 2 aromatic rings. The predicted molar refractivity (Wildman–Crippen MR) is 148 cm³/mol. The number of aliphatic hydroxyl groups is 1. The van der Waals surface area contributed by atoms with Gasteiger partial charge in [-0.05, 0) is 24.3 Å². The molecule has 0 spiro atoms. The van der Waals surface area contributed by atoms with Gasteiger partial charge in [-0.1, -0.05) is 24.3 Å². The number of benzene rings is 2. The normalized spacial score (nSPS) is 31.6. The number of methoxy groups -OCH3 is 2. The molecule has 5 rings (SSSR count). The Morgan fingerprint density at radius 2 is 1.45 bits per heavy atom. The molecule has 2 atom stereocenters. The van der Waals surface area contributed by atoms with E-state index in [-0.39, 0.29) is 36.1 Å². The molecule has 3 heterocycles.